The number of carbonyl (C=O) groups excluding carboxylic acids is 1. The van der Waals surface area contributed by atoms with Crippen LogP contribution >= 0.6 is 0 Å². The minimum atomic E-state index is -1.30. The van der Waals surface area contributed by atoms with E-state index in [0.717, 1.165) is 6.08 Å². The molecule has 0 aliphatic rings. The molecule has 7 nitrogen and oxygen atoms in total. The first kappa shape index (κ1) is 16.9. The maximum Gasteiger partial charge on any atom is 0.352 e. The van der Waals surface area contributed by atoms with Crippen molar-refractivity contribution in [3.05, 3.63) is 75.5 Å². The molecule has 0 aromatic heterocycles. The molecule has 0 fully saturated rings. The molecule has 2 aromatic rings. The molecule has 0 saturated heterocycles. The zero-order valence-electron chi connectivity index (χ0n) is 12.7. The molecule has 0 heterocycles. The number of nitrogens with zero attached hydrogens (tertiary/aromatic N) is 1. The second-order valence-corrected chi connectivity index (χ2v) is 4.91. The minimum Gasteiger partial charge on any atom is -0.477 e. The molecule has 122 valence electrons. The van der Waals surface area contributed by atoms with Crippen LogP contribution in [0.1, 0.15) is 22.8 Å². The van der Waals surface area contributed by atoms with E-state index in [-0.39, 0.29) is 22.7 Å². The van der Waals surface area contributed by atoms with Gasteiger partial charge in [-0.2, -0.15) is 0 Å². The Labute approximate surface area is 137 Å². The molecule has 0 unspecified atom stereocenters. The molecule has 0 amide bonds. The molecular weight excluding hydrogens is 312 g/mol. The summed E-state index contributed by atoms with van der Waals surface area (Å²) in [6.45, 7) is 1.37. The molecule has 0 radical (unpaired) electrons. The van der Waals surface area contributed by atoms with Gasteiger partial charge in [0.2, 0.25) is 0 Å². The number of carbonyl (C=O) groups is 2. The van der Waals surface area contributed by atoms with Gasteiger partial charge in [-0.15, -0.1) is 0 Å². The van der Waals surface area contributed by atoms with Crippen molar-refractivity contribution >= 4 is 29.2 Å². The Morgan fingerprint density at radius 1 is 1.12 bits per heavy atom. The van der Waals surface area contributed by atoms with Crippen molar-refractivity contribution in [3.8, 4) is 0 Å². The second-order valence-electron chi connectivity index (χ2n) is 4.91. The summed E-state index contributed by atoms with van der Waals surface area (Å²) < 4.78 is 0. The van der Waals surface area contributed by atoms with Gasteiger partial charge in [0, 0.05) is 17.3 Å². The molecule has 0 saturated carbocycles. The fourth-order valence-corrected chi connectivity index (χ4v) is 2.13. The number of nitrogens with one attached hydrogen (secondary N) is 1. The lowest BCUT2D eigenvalue weighted by Crippen LogP contribution is -2.12. The van der Waals surface area contributed by atoms with Crippen molar-refractivity contribution in [2.24, 2.45) is 0 Å². The third-order valence-electron chi connectivity index (χ3n) is 3.24. The highest BCUT2D eigenvalue weighted by Gasteiger charge is 2.16. The highest BCUT2D eigenvalue weighted by atomic mass is 16.6. The van der Waals surface area contributed by atoms with Gasteiger partial charge in [0.25, 0.3) is 5.69 Å². The number of nitro groups is 1. The Bertz CT molecular complexity index is 842. The van der Waals surface area contributed by atoms with E-state index in [4.69, 9.17) is 0 Å². The lowest BCUT2D eigenvalue weighted by Gasteiger charge is -2.11. The number of rotatable bonds is 6. The fourth-order valence-electron chi connectivity index (χ4n) is 2.13. The largest absolute Gasteiger partial charge is 0.477 e. The molecule has 24 heavy (non-hydrogen) atoms. The number of benzene rings is 2. The molecule has 2 rings (SSSR count). The normalized spacial score (nSPS) is 11.0. The number of anilines is 1. The number of hydrogen-bond donors (Lipinski definition) is 2. The van der Waals surface area contributed by atoms with E-state index in [1.54, 1.807) is 30.3 Å². The topological polar surface area (TPSA) is 110 Å². The highest BCUT2D eigenvalue weighted by molar-refractivity contribution is 6.02. The summed E-state index contributed by atoms with van der Waals surface area (Å²) in [5.41, 5.74) is 0.299. The molecule has 0 aliphatic carbocycles. The maximum atomic E-state index is 11.6. The Hall–Kier alpha value is -3.48. The van der Waals surface area contributed by atoms with Crippen LogP contribution in [0, 0.1) is 10.1 Å². The SMILES string of the molecule is CC(=O)c1ccccc1NC(=Cc1ccccc1[N+](=O)[O-])C(=O)O. The van der Waals surface area contributed by atoms with Gasteiger partial charge in [-0.05, 0) is 31.2 Å². The number of Topliss-reactive ketones (excluding diaryl/α,β-unsaturated/α-hetero) is 1. The van der Waals surface area contributed by atoms with Crippen LogP contribution in [-0.4, -0.2) is 21.8 Å². The van der Waals surface area contributed by atoms with E-state index in [2.05, 4.69) is 5.32 Å². The van der Waals surface area contributed by atoms with Crippen LogP contribution in [0.5, 0.6) is 0 Å². The number of ketones is 1. The molecule has 0 atom stereocenters. The highest BCUT2D eigenvalue weighted by Crippen LogP contribution is 2.23. The molecule has 0 spiro atoms. The number of aliphatic carboxylic acids is 1. The van der Waals surface area contributed by atoms with Crippen LogP contribution in [0.3, 0.4) is 0 Å². The van der Waals surface area contributed by atoms with Crippen LogP contribution in [0.4, 0.5) is 11.4 Å². The van der Waals surface area contributed by atoms with Gasteiger partial charge in [-0.25, -0.2) is 4.79 Å². The Kier molecular flexibility index (Phi) is 5.06. The van der Waals surface area contributed by atoms with E-state index in [1.807, 2.05) is 0 Å². The first-order valence-electron chi connectivity index (χ1n) is 6.95. The molecule has 7 heteroatoms. The number of carboxylic acid groups (broad SMARTS) is 1. The summed E-state index contributed by atoms with van der Waals surface area (Å²) in [5.74, 6) is -1.53. The first-order chi connectivity index (χ1) is 11.4. The smallest absolute Gasteiger partial charge is 0.352 e. The van der Waals surface area contributed by atoms with E-state index < -0.39 is 10.9 Å². The van der Waals surface area contributed by atoms with Crippen LogP contribution in [0.25, 0.3) is 6.08 Å². The van der Waals surface area contributed by atoms with Crippen LogP contribution in [0.2, 0.25) is 0 Å². The summed E-state index contributed by atoms with van der Waals surface area (Å²) in [6.07, 6.45) is 1.16. The Balaban J connectivity index is 2.47. The predicted molar refractivity (Wildman–Crippen MR) is 88.8 cm³/mol. The van der Waals surface area contributed by atoms with Crippen molar-refractivity contribution in [3.63, 3.8) is 0 Å². The third kappa shape index (κ3) is 3.83. The first-order valence-corrected chi connectivity index (χ1v) is 6.95. The number of carboxylic acids is 1. The van der Waals surface area contributed by atoms with Crippen LogP contribution < -0.4 is 5.32 Å². The van der Waals surface area contributed by atoms with Gasteiger partial charge < -0.3 is 10.4 Å². The number of para-hydroxylation sites is 2. The van der Waals surface area contributed by atoms with Crippen LogP contribution in [-0.2, 0) is 4.79 Å². The quantitative estimate of drug-likeness (QED) is 0.365. The van der Waals surface area contributed by atoms with E-state index in [0.29, 0.717) is 11.3 Å². The summed E-state index contributed by atoms with van der Waals surface area (Å²) in [5, 5.41) is 23.1. The van der Waals surface area contributed by atoms with Crippen LogP contribution in [0.15, 0.2) is 54.2 Å². The molecule has 0 aliphatic heterocycles. The van der Waals surface area contributed by atoms with Gasteiger partial charge in [-0.1, -0.05) is 24.3 Å². The average Bonchev–Trinajstić information content (AvgIpc) is 2.54. The van der Waals surface area contributed by atoms with E-state index in [1.165, 1.54) is 25.1 Å². The van der Waals surface area contributed by atoms with Gasteiger partial charge in [-0.3, -0.25) is 14.9 Å². The summed E-state index contributed by atoms with van der Waals surface area (Å²) in [4.78, 5) is 33.6. The zero-order chi connectivity index (χ0) is 17.7. The zero-order valence-corrected chi connectivity index (χ0v) is 12.7. The number of hydrogen-bond acceptors (Lipinski definition) is 5. The fraction of sp³-hybridized carbons (Fsp3) is 0.0588. The molecule has 0 bridgehead atoms. The van der Waals surface area contributed by atoms with E-state index in [9.17, 15) is 24.8 Å². The lowest BCUT2D eigenvalue weighted by atomic mass is 10.1. The maximum absolute atomic E-state index is 11.6. The van der Waals surface area contributed by atoms with Crippen molar-refractivity contribution in [1.29, 1.82) is 0 Å². The van der Waals surface area contributed by atoms with Crippen molar-refractivity contribution in [1.82, 2.24) is 0 Å². The Morgan fingerprint density at radius 2 is 1.75 bits per heavy atom. The standard InChI is InChI=1S/C17H14N2O5/c1-11(20)13-7-3-4-8-14(13)18-15(17(21)22)10-12-6-2-5-9-16(12)19(23)24/h2-10,18H,1H3,(H,21,22). The minimum absolute atomic E-state index is 0.146. The predicted octanol–water partition coefficient (Wildman–Crippen LogP) is 3.34. The number of nitro benzene ring substituents is 1. The summed E-state index contributed by atoms with van der Waals surface area (Å²) >= 11 is 0. The summed E-state index contributed by atoms with van der Waals surface area (Å²) in [6, 6.07) is 12.2. The monoisotopic (exact) mass is 326 g/mol. The lowest BCUT2D eigenvalue weighted by molar-refractivity contribution is -0.385. The van der Waals surface area contributed by atoms with Crippen molar-refractivity contribution in [2.45, 2.75) is 6.92 Å². The van der Waals surface area contributed by atoms with Gasteiger partial charge in [0.1, 0.15) is 5.70 Å². The molecule has 2 N–H and O–H groups in total. The summed E-state index contributed by atoms with van der Waals surface area (Å²) in [7, 11) is 0. The Morgan fingerprint density at radius 3 is 2.38 bits per heavy atom. The van der Waals surface area contributed by atoms with Crippen molar-refractivity contribution in [2.75, 3.05) is 5.32 Å². The van der Waals surface area contributed by atoms with Gasteiger partial charge >= 0.3 is 5.97 Å². The van der Waals surface area contributed by atoms with Crippen molar-refractivity contribution < 1.29 is 19.6 Å². The third-order valence-corrected chi connectivity index (χ3v) is 3.24. The molecular formula is C17H14N2O5. The second kappa shape index (κ2) is 7.19. The molecule has 2 aromatic carbocycles. The van der Waals surface area contributed by atoms with Gasteiger partial charge in [0.15, 0.2) is 5.78 Å². The van der Waals surface area contributed by atoms with Gasteiger partial charge in [0.05, 0.1) is 10.5 Å². The van der Waals surface area contributed by atoms with E-state index >= 15 is 0 Å². The average molecular weight is 326 g/mol.